The summed E-state index contributed by atoms with van der Waals surface area (Å²) < 4.78 is 0. The van der Waals surface area contributed by atoms with E-state index in [2.05, 4.69) is 16.1 Å². The number of allylic oxidation sites excluding steroid dienone is 2. The first-order valence-corrected chi connectivity index (χ1v) is 4.86. The number of nitrogens with zero attached hydrogens (tertiary/aromatic N) is 1. The number of H-pyrrole nitrogens is 1. The highest BCUT2D eigenvalue weighted by Gasteiger charge is 2.08. The van der Waals surface area contributed by atoms with Gasteiger partial charge in [-0.15, -0.1) is 6.42 Å². The molecule has 0 aliphatic carbocycles. The SMILES string of the molecule is C#C/C(=C\C)c1n[nH]c2ccc(C=O)cc12. The van der Waals surface area contributed by atoms with E-state index in [1.807, 2.05) is 19.1 Å². The molecule has 78 valence electrons. The lowest BCUT2D eigenvalue weighted by Gasteiger charge is -1.96. The van der Waals surface area contributed by atoms with Gasteiger partial charge in [0.2, 0.25) is 0 Å². The van der Waals surface area contributed by atoms with Crippen LogP contribution in [0.1, 0.15) is 23.0 Å². The van der Waals surface area contributed by atoms with E-state index in [9.17, 15) is 4.79 Å². The van der Waals surface area contributed by atoms with Crippen molar-refractivity contribution in [2.24, 2.45) is 0 Å². The molecule has 1 aromatic heterocycles. The fraction of sp³-hybridized carbons (Fsp3) is 0.0769. The third-order valence-corrected chi connectivity index (χ3v) is 2.42. The number of nitrogens with one attached hydrogen (secondary N) is 1. The molecule has 0 saturated carbocycles. The minimum Gasteiger partial charge on any atom is -0.298 e. The average Bonchev–Trinajstić information content (AvgIpc) is 2.74. The summed E-state index contributed by atoms with van der Waals surface area (Å²) in [7, 11) is 0. The number of rotatable bonds is 2. The summed E-state index contributed by atoms with van der Waals surface area (Å²) in [5.74, 6) is 2.57. The zero-order valence-electron chi connectivity index (χ0n) is 8.82. The normalized spacial score (nSPS) is 11.4. The van der Waals surface area contributed by atoms with Crippen LogP contribution in [-0.4, -0.2) is 16.5 Å². The van der Waals surface area contributed by atoms with Crippen LogP contribution in [0.5, 0.6) is 0 Å². The van der Waals surface area contributed by atoms with E-state index in [-0.39, 0.29) is 0 Å². The van der Waals surface area contributed by atoms with Crippen molar-refractivity contribution in [3.05, 3.63) is 35.5 Å². The van der Waals surface area contributed by atoms with Gasteiger partial charge in [-0.05, 0) is 25.1 Å². The lowest BCUT2D eigenvalue weighted by atomic mass is 10.1. The van der Waals surface area contributed by atoms with Crippen molar-refractivity contribution < 1.29 is 4.79 Å². The summed E-state index contributed by atoms with van der Waals surface area (Å²) in [5.41, 5.74) is 2.91. The quantitative estimate of drug-likeness (QED) is 0.611. The van der Waals surface area contributed by atoms with Crippen LogP contribution in [0.4, 0.5) is 0 Å². The van der Waals surface area contributed by atoms with E-state index >= 15 is 0 Å². The fourth-order valence-electron chi connectivity index (χ4n) is 1.60. The number of benzene rings is 1. The summed E-state index contributed by atoms with van der Waals surface area (Å²) in [4.78, 5) is 10.7. The van der Waals surface area contributed by atoms with Crippen molar-refractivity contribution in [1.29, 1.82) is 0 Å². The van der Waals surface area contributed by atoms with Gasteiger partial charge in [0.15, 0.2) is 0 Å². The standard InChI is InChI=1S/C13H10N2O/c1-3-10(4-2)13-11-7-9(8-16)5-6-12(11)14-15-13/h1,4-8H,2H3,(H,14,15)/b10-4+. The molecule has 0 bridgehead atoms. The zero-order valence-corrected chi connectivity index (χ0v) is 8.82. The molecule has 0 fully saturated rings. The van der Waals surface area contributed by atoms with Gasteiger partial charge in [-0.1, -0.05) is 12.0 Å². The summed E-state index contributed by atoms with van der Waals surface area (Å²) in [5, 5.41) is 7.92. The molecule has 0 amide bonds. The second kappa shape index (κ2) is 4.03. The van der Waals surface area contributed by atoms with Gasteiger partial charge in [0.1, 0.15) is 12.0 Å². The Balaban J connectivity index is 2.72. The van der Waals surface area contributed by atoms with E-state index in [0.717, 1.165) is 17.2 Å². The summed E-state index contributed by atoms with van der Waals surface area (Å²) in [6.07, 6.45) is 8.02. The molecule has 0 spiro atoms. The Hall–Kier alpha value is -2.34. The van der Waals surface area contributed by atoms with Crippen LogP contribution >= 0.6 is 0 Å². The van der Waals surface area contributed by atoms with Gasteiger partial charge in [0, 0.05) is 16.5 Å². The van der Waals surface area contributed by atoms with E-state index in [1.165, 1.54) is 0 Å². The van der Waals surface area contributed by atoms with Crippen LogP contribution < -0.4 is 0 Å². The number of terminal acetylenes is 1. The Morgan fingerprint density at radius 1 is 1.56 bits per heavy atom. The lowest BCUT2D eigenvalue weighted by Crippen LogP contribution is -1.83. The number of aldehydes is 1. The lowest BCUT2D eigenvalue weighted by molar-refractivity contribution is 0.112. The Morgan fingerprint density at radius 3 is 3.00 bits per heavy atom. The number of aromatic nitrogens is 2. The largest absolute Gasteiger partial charge is 0.298 e. The minimum atomic E-state index is 0.614. The van der Waals surface area contributed by atoms with Crippen LogP contribution in [0, 0.1) is 12.3 Å². The monoisotopic (exact) mass is 210 g/mol. The first-order valence-electron chi connectivity index (χ1n) is 4.86. The Bertz CT molecular complexity index is 614. The zero-order chi connectivity index (χ0) is 11.5. The fourth-order valence-corrected chi connectivity index (χ4v) is 1.60. The maximum absolute atomic E-state index is 10.7. The molecule has 0 radical (unpaired) electrons. The third-order valence-electron chi connectivity index (χ3n) is 2.42. The summed E-state index contributed by atoms with van der Waals surface area (Å²) >= 11 is 0. The van der Waals surface area contributed by atoms with Crippen molar-refractivity contribution in [1.82, 2.24) is 10.2 Å². The molecule has 3 heteroatoms. The third kappa shape index (κ3) is 1.51. The second-order valence-electron chi connectivity index (χ2n) is 3.34. The van der Waals surface area contributed by atoms with E-state index in [4.69, 9.17) is 6.42 Å². The first kappa shape index (κ1) is 10.2. The molecular weight excluding hydrogens is 200 g/mol. The Kier molecular flexibility index (Phi) is 2.57. The van der Waals surface area contributed by atoms with E-state index in [0.29, 0.717) is 16.8 Å². The predicted molar refractivity (Wildman–Crippen MR) is 64.0 cm³/mol. The van der Waals surface area contributed by atoms with Gasteiger partial charge in [-0.3, -0.25) is 9.89 Å². The highest BCUT2D eigenvalue weighted by molar-refractivity contribution is 5.96. The van der Waals surface area contributed by atoms with Crippen LogP contribution in [0.25, 0.3) is 16.5 Å². The molecule has 0 unspecified atom stereocenters. The van der Waals surface area contributed by atoms with Crippen molar-refractivity contribution in [2.45, 2.75) is 6.92 Å². The van der Waals surface area contributed by atoms with Gasteiger partial charge < -0.3 is 0 Å². The molecule has 2 rings (SSSR count). The second-order valence-corrected chi connectivity index (χ2v) is 3.34. The molecular formula is C13H10N2O. The highest BCUT2D eigenvalue weighted by Crippen LogP contribution is 2.22. The number of fused-ring (bicyclic) bond motifs is 1. The molecule has 3 nitrogen and oxygen atoms in total. The van der Waals surface area contributed by atoms with Gasteiger partial charge in [-0.25, -0.2) is 0 Å². The number of hydrogen-bond acceptors (Lipinski definition) is 2. The van der Waals surface area contributed by atoms with Gasteiger partial charge in [0.25, 0.3) is 0 Å². The first-order chi connectivity index (χ1) is 7.80. The molecule has 0 saturated heterocycles. The average molecular weight is 210 g/mol. The molecule has 0 atom stereocenters. The van der Waals surface area contributed by atoms with Crippen LogP contribution in [0.2, 0.25) is 0 Å². The molecule has 0 aliphatic heterocycles. The van der Waals surface area contributed by atoms with E-state index < -0.39 is 0 Å². The topological polar surface area (TPSA) is 45.8 Å². The van der Waals surface area contributed by atoms with Gasteiger partial charge in [0.05, 0.1) is 5.52 Å². The summed E-state index contributed by atoms with van der Waals surface area (Å²) in [6.45, 7) is 1.86. The molecule has 2 aromatic rings. The number of carbonyl (C=O) groups is 1. The number of hydrogen-bond donors (Lipinski definition) is 1. The molecule has 16 heavy (non-hydrogen) atoms. The van der Waals surface area contributed by atoms with E-state index in [1.54, 1.807) is 12.1 Å². The smallest absolute Gasteiger partial charge is 0.150 e. The molecule has 1 N–H and O–H groups in total. The van der Waals surface area contributed by atoms with Crippen molar-refractivity contribution >= 4 is 22.8 Å². The molecule has 1 heterocycles. The maximum Gasteiger partial charge on any atom is 0.150 e. The minimum absolute atomic E-state index is 0.614. The van der Waals surface area contributed by atoms with Gasteiger partial charge in [-0.2, -0.15) is 5.10 Å². The molecule has 0 aliphatic rings. The maximum atomic E-state index is 10.7. The summed E-state index contributed by atoms with van der Waals surface area (Å²) in [6, 6.07) is 5.34. The van der Waals surface area contributed by atoms with Crippen LogP contribution in [0.15, 0.2) is 24.3 Å². The van der Waals surface area contributed by atoms with Gasteiger partial charge >= 0.3 is 0 Å². The van der Waals surface area contributed by atoms with Crippen molar-refractivity contribution in [2.75, 3.05) is 0 Å². The highest BCUT2D eigenvalue weighted by atomic mass is 16.1. The van der Waals surface area contributed by atoms with Crippen LogP contribution in [0.3, 0.4) is 0 Å². The molecule has 1 aromatic carbocycles. The number of aromatic amines is 1. The van der Waals surface area contributed by atoms with Crippen molar-refractivity contribution in [3.8, 4) is 12.3 Å². The number of carbonyl (C=O) groups excluding carboxylic acids is 1. The van der Waals surface area contributed by atoms with Crippen LogP contribution in [-0.2, 0) is 0 Å². The Labute approximate surface area is 93.2 Å². The predicted octanol–water partition coefficient (Wildman–Crippen LogP) is 2.41. The Morgan fingerprint density at radius 2 is 2.38 bits per heavy atom. The van der Waals surface area contributed by atoms with Crippen molar-refractivity contribution in [3.63, 3.8) is 0 Å².